The number of benzene rings is 2. The molecule has 0 unspecified atom stereocenters. The van der Waals surface area contributed by atoms with Gasteiger partial charge in [0.15, 0.2) is 0 Å². The molecule has 0 saturated heterocycles. The highest BCUT2D eigenvalue weighted by molar-refractivity contribution is 7.09. The normalized spacial score (nSPS) is 11.6. The van der Waals surface area contributed by atoms with E-state index < -0.39 is 17.0 Å². The average molecular weight is 398 g/mol. The molecule has 0 fully saturated rings. The Balaban J connectivity index is 1.59. The molecule has 0 bridgehead atoms. The minimum Gasteiger partial charge on any atom is -0.487 e. The molecule has 1 aromatic heterocycles. The molecule has 0 spiro atoms. The Bertz CT molecular complexity index is 984. The van der Waals surface area contributed by atoms with Gasteiger partial charge in [0.2, 0.25) is 0 Å². The smallest absolute Gasteiger partial charge is 0.338 e. The zero-order valence-electron chi connectivity index (χ0n) is 15.3. The quantitative estimate of drug-likeness (QED) is 0.321. The number of hydrogen-bond acceptors (Lipinski definition) is 7. The standard InChI is InChI=1S/C20H18N2O5S/c1-13(16-4-3-5-18(10-16)22(24)25)27-20(23)15-6-8-19(9-7-15)26-11-17-12-28-14(2)21-17/h3-10,12-13H,11H2,1-2H3/t13-/m0/s1. The van der Waals surface area contributed by atoms with Gasteiger partial charge < -0.3 is 9.47 Å². The maximum Gasteiger partial charge on any atom is 0.338 e. The lowest BCUT2D eigenvalue weighted by Crippen LogP contribution is -2.09. The van der Waals surface area contributed by atoms with E-state index in [1.807, 2.05) is 12.3 Å². The topological polar surface area (TPSA) is 91.6 Å². The van der Waals surface area contributed by atoms with Crippen molar-refractivity contribution < 1.29 is 19.2 Å². The third kappa shape index (κ3) is 4.92. The molecule has 0 amide bonds. The zero-order chi connectivity index (χ0) is 20.1. The third-order valence-corrected chi connectivity index (χ3v) is 4.80. The van der Waals surface area contributed by atoms with E-state index >= 15 is 0 Å². The Kier molecular flexibility index (Phi) is 6.00. The zero-order valence-corrected chi connectivity index (χ0v) is 16.1. The summed E-state index contributed by atoms with van der Waals surface area (Å²) >= 11 is 1.56. The number of carbonyl (C=O) groups is 1. The van der Waals surface area contributed by atoms with Crippen LogP contribution in [0.4, 0.5) is 5.69 Å². The summed E-state index contributed by atoms with van der Waals surface area (Å²) in [5, 5.41) is 13.8. The number of thiazole rings is 1. The Morgan fingerprint density at radius 1 is 1.25 bits per heavy atom. The number of ether oxygens (including phenoxy) is 2. The van der Waals surface area contributed by atoms with E-state index in [9.17, 15) is 14.9 Å². The van der Waals surface area contributed by atoms with E-state index in [1.165, 1.54) is 12.1 Å². The molecule has 8 heteroatoms. The Hall–Kier alpha value is -3.26. The molecule has 0 aliphatic heterocycles. The number of aromatic nitrogens is 1. The number of rotatable bonds is 7. The Labute approximate surface area is 165 Å². The molecule has 0 saturated carbocycles. The van der Waals surface area contributed by atoms with Gasteiger partial charge in [0.05, 0.1) is 21.2 Å². The third-order valence-electron chi connectivity index (χ3n) is 3.98. The number of nitro benzene ring substituents is 1. The molecule has 0 aliphatic rings. The van der Waals surface area contributed by atoms with Crippen molar-refractivity contribution in [2.24, 2.45) is 0 Å². The fourth-order valence-corrected chi connectivity index (χ4v) is 3.10. The van der Waals surface area contributed by atoms with Gasteiger partial charge in [0, 0.05) is 17.5 Å². The number of nitro groups is 1. The first-order chi connectivity index (χ1) is 13.4. The number of nitrogens with zero attached hydrogens (tertiary/aromatic N) is 2. The predicted octanol–water partition coefficient (Wildman–Crippen LogP) is 4.86. The average Bonchev–Trinajstić information content (AvgIpc) is 3.12. The summed E-state index contributed by atoms with van der Waals surface area (Å²) in [5.74, 6) is 0.106. The van der Waals surface area contributed by atoms with Crippen LogP contribution in [0.5, 0.6) is 5.75 Å². The maximum atomic E-state index is 12.3. The first-order valence-corrected chi connectivity index (χ1v) is 9.39. The molecular formula is C20H18N2O5S. The van der Waals surface area contributed by atoms with Crippen molar-refractivity contribution in [2.45, 2.75) is 26.6 Å². The highest BCUT2D eigenvalue weighted by Crippen LogP contribution is 2.23. The molecule has 0 N–H and O–H groups in total. The largest absolute Gasteiger partial charge is 0.487 e. The lowest BCUT2D eigenvalue weighted by atomic mass is 10.1. The van der Waals surface area contributed by atoms with Gasteiger partial charge in [0.25, 0.3) is 5.69 Å². The molecular weight excluding hydrogens is 380 g/mol. The SMILES string of the molecule is Cc1nc(COc2ccc(C(=O)O[C@@H](C)c3cccc([N+](=O)[O-])c3)cc2)cs1. The molecule has 0 aliphatic carbocycles. The summed E-state index contributed by atoms with van der Waals surface area (Å²) in [4.78, 5) is 27.1. The van der Waals surface area contributed by atoms with Gasteiger partial charge in [-0.05, 0) is 43.7 Å². The molecule has 2 aromatic carbocycles. The van der Waals surface area contributed by atoms with Crippen LogP contribution >= 0.6 is 11.3 Å². The number of carbonyl (C=O) groups excluding carboxylic acids is 1. The first kappa shape index (κ1) is 19.5. The van der Waals surface area contributed by atoms with Gasteiger partial charge in [-0.25, -0.2) is 9.78 Å². The molecule has 28 heavy (non-hydrogen) atoms. The Morgan fingerprint density at radius 2 is 2.00 bits per heavy atom. The molecule has 144 valence electrons. The van der Waals surface area contributed by atoms with Crippen LogP contribution in [0.2, 0.25) is 0 Å². The highest BCUT2D eigenvalue weighted by atomic mass is 32.1. The maximum absolute atomic E-state index is 12.3. The van der Waals surface area contributed by atoms with E-state index in [0.717, 1.165) is 10.7 Å². The fourth-order valence-electron chi connectivity index (χ4n) is 2.51. The summed E-state index contributed by atoms with van der Waals surface area (Å²) in [7, 11) is 0. The van der Waals surface area contributed by atoms with E-state index in [4.69, 9.17) is 9.47 Å². The van der Waals surface area contributed by atoms with Gasteiger partial charge in [-0.15, -0.1) is 11.3 Å². The summed E-state index contributed by atoms with van der Waals surface area (Å²) < 4.78 is 11.1. The lowest BCUT2D eigenvalue weighted by Gasteiger charge is -2.14. The van der Waals surface area contributed by atoms with Crippen LogP contribution in [-0.2, 0) is 11.3 Å². The molecule has 3 aromatic rings. The second-order valence-corrected chi connectivity index (χ2v) is 7.13. The van der Waals surface area contributed by atoms with Crippen molar-refractivity contribution in [1.29, 1.82) is 0 Å². The van der Waals surface area contributed by atoms with Crippen LogP contribution in [0, 0.1) is 17.0 Å². The summed E-state index contributed by atoms with van der Waals surface area (Å²) in [5.41, 5.74) is 1.74. The molecule has 3 rings (SSSR count). The second kappa shape index (κ2) is 8.62. The van der Waals surface area contributed by atoms with Gasteiger partial charge in [-0.1, -0.05) is 12.1 Å². The number of hydrogen-bond donors (Lipinski definition) is 0. The fraction of sp³-hybridized carbons (Fsp3) is 0.200. The van der Waals surface area contributed by atoms with E-state index in [-0.39, 0.29) is 5.69 Å². The predicted molar refractivity (Wildman–Crippen MR) is 105 cm³/mol. The highest BCUT2D eigenvalue weighted by Gasteiger charge is 2.16. The summed E-state index contributed by atoms with van der Waals surface area (Å²) in [6, 6.07) is 12.6. The van der Waals surface area contributed by atoms with Crippen molar-refractivity contribution in [1.82, 2.24) is 4.98 Å². The summed E-state index contributed by atoms with van der Waals surface area (Å²) in [6.45, 7) is 3.96. The molecule has 1 heterocycles. The van der Waals surface area contributed by atoms with Crippen LogP contribution in [0.25, 0.3) is 0 Å². The summed E-state index contributed by atoms with van der Waals surface area (Å²) in [6.07, 6.45) is -0.615. The Morgan fingerprint density at radius 3 is 2.64 bits per heavy atom. The van der Waals surface area contributed by atoms with Gasteiger partial charge >= 0.3 is 5.97 Å². The van der Waals surface area contributed by atoms with Gasteiger partial charge in [0.1, 0.15) is 18.5 Å². The minimum atomic E-state index is -0.615. The monoisotopic (exact) mass is 398 g/mol. The molecule has 0 radical (unpaired) electrons. The van der Waals surface area contributed by atoms with Crippen LogP contribution in [0.1, 0.15) is 39.7 Å². The lowest BCUT2D eigenvalue weighted by molar-refractivity contribution is -0.385. The van der Waals surface area contributed by atoms with E-state index in [0.29, 0.717) is 23.5 Å². The van der Waals surface area contributed by atoms with Crippen molar-refractivity contribution in [2.75, 3.05) is 0 Å². The van der Waals surface area contributed by atoms with Gasteiger partial charge in [-0.3, -0.25) is 10.1 Å². The van der Waals surface area contributed by atoms with Crippen LogP contribution in [0.15, 0.2) is 53.9 Å². The molecule has 7 nitrogen and oxygen atoms in total. The number of aryl methyl sites for hydroxylation is 1. The van der Waals surface area contributed by atoms with Crippen molar-refractivity contribution in [3.8, 4) is 5.75 Å². The number of non-ortho nitro benzene ring substituents is 1. The second-order valence-electron chi connectivity index (χ2n) is 6.07. The van der Waals surface area contributed by atoms with Crippen molar-refractivity contribution in [3.63, 3.8) is 0 Å². The minimum absolute atomic E-state index is 0.0443. The van der Waals surface area contributed by atoms with Gasteiger partial charge in [-0.2, -0.15) is 0 Å². The van der Waals surface area contributed by atoms with E-state index in [1.54, 1.807) is 54.7 Å². The molecule has 1 atom stereocenters. The van der Waals surface area contributed by atoms with E-state index in [2.05, 4.69) is 4.98 Å². The van der Waals surface area contributed by atoms with Crippen molar-refractivity contribution >= 4 is 23.0 Å². The van der Waals surface area contributed by atoms with Crippen LogP contribution in [0.3, 0.4) is 0 Å². The van der Waals surface area contributed by atoms with Crippen molar-refractivity contribution in [3.05, 3.63) is 85.9 Å². The number of esters is 1. The van der Waals surface area contributed by atoms with Crippen LogP contribution < -0.4 is 4.74 Å². The van der Waals surface area contributed by atoms with Crippen LogP contribution in [-0.4, -0.2) is 15.9 Å². The first-order valence-electron chi connectivity index (χ1n) is 8.51.